The second-order valence-electron chi connectivity index (χ2n) is 5.90. The maximum absolute atomic E-state index is 2.71. The standard InChI is InChI=1S/C18H37/c1-5-9-11-12-15-18(13-7-3)16-17(8-4)14-10-6-2/h16-18H,5-15H2,1-4H3. The minimum atomic E-state index is 0.882. The molecule has 0 spiro atoms. The Labute approximate surface area is 117 Å². The van der Waals surface area contributed by atoms with E-state index in [1.165, 1.54) is 70.6 Å². The van der Waals surface area contributed by atoms with Crippen molar-refractivity contribution in [2.24, 2.45) is 11.8 Å². The second-order valence-corrected chi connectivity index (χ2v) is 5.90. The van der Waals surface area contributed by atoms with Crippen LogP contribution in [0.5, 0.6) is 0 Å². The van der Waals surface area contributed by atoms with Crippen LogP contribution in [-0.2, 0) is 0 Å². The Hall–Kier alpha value is 0. The van der Waals surface area contributed by atoms with E-state index < -0.39 is 0 Å². The molecule has 109 valence electrons. The van der Waals surface area contributed by atoms with E-state index >= 15 is 0 Å². The van der Waals surface area contributed by atoms with E-state index in [9.17, 15) is 0 Å². The van der Waals surface area contributed by atoms with Crippen molar-refractivity contribution in [2.45, 2.75) is 98.3 Å². The Bertz CT molecular complexity index is 150. The van der Waals surface area contributed by atoms with Crippen molar-refractivity contribution in [2.75, 3.05) is 0 Å². The normalized spacial score (nSPS) is 14.7. The molecule has 0 rings (SSSR count). The second kappa shape index (κ2) is 13.4. The van der Waals surface area contributed by atoms with Gasteiger partial charge in [0.2, 0.25) is 0 Å². The minimum absolute atomic E-state index is 0.882. The Kier molecular flexibility index (Phi) is 13.4. The highest BCUT2D eigenvalue weighted by Crippen LogP contribution is 2.27. The molecular weight excluding hydrogens is 216 g/mol. The molecule has 0 aromatic rings. The number of hydrogen-bond donors (Lipinski definition) is 0. The monoisotopic (exact) mass is 253 g/mol. The summed E-state index contributed by atoms with van der Waals surface area (Å²) < 4.78 is 0. The molecule has 0 aliphatic rings. The Morgan fingerprint density at radius 1 is 0.611 bits per heavy atom. The van der Waals surface area contributed by atoms with Crippen molar-refractivity contribution in [3.05, 3.63) is 6.42 Å². The lowest BCUT2D eigenvalue weighted by Gasteiger charge is -2.22. The molecule has 0 saturated heterocycles. The summed E-state index contributed by atoms with van der Waals surface area (Å²) in [5.41, 5.74) is 0. The first-order chi connectivity index (χ1) is 8.78. The van der Waals surface area contributed by atoms with Crippen molar-refractivity contribution in [3.8, 4) is 0 Å². The highest BCUT2D eigenvalue weighted by molar-refractivity contribution is 4.83. The molecule has 0 fully saturated rings. The van der Waals surface area contributed by atoms with E-state index in [2.05, 4.69) is 34.1 Å². The van der Waals surface area contributed by atoms with E-state index in [0.29, 0.717) is 0 Å². The summed E-state index contributed by atoms with van der Waals surface area (Å²) in [5.74, 6) is 1.78. The van der Waals surface area contributed by atoms with Gasteiger partial charge in [-0.15, -0.1) is 0 Å². The van der Waals surface area contributed by atoms with E-state index in [1.54, 1.807) is 0 Å². The predicted octanol–water partition coefficient (Wildman–Crippen LogP) is 6.79. The van der Waals surface area contributed by atoms with Crippen molar-refractivity contribution in [1.82, 2.24) is 0 Å². The van der Waals surface area contributed by atoms with Crippen LogP contribution >= 0.6 is 0 Å². The van der Waals surface area contributed by atoms with Crippen molar-refractivity contribution >= 4 is 0 Å². The molecule has 0 aliphatic carbocycles. The predicted molar refractivity (Wildman–Crippen MR) is 84.8 cm³/mol. The number of hydrogen-bond acceptors (Lipinski definition) is 0. The highest BCUT2D eigenvalue weighted by atomic mass is 14.2. The minimum Gasteiger partial charge on any atom is -0.0654 e. The van der Waals surface area contributed by atoms with Gasteiger partial charge in [-0.25, -0.2) is 0 Å². The molecular formula is C18H37. The first-order valence-corrected chi connectivity index (χ1v) is 8.63. The van der Waals surface area contributed by atoms with Crippen molar-refractivity contribution in [3.63, 3.8) is 0 Å². The molecule has 2 unspecified atom stereocenters. The first-order valence-electron chi connectivity index (χ1n) is 8.63. The maximum Gasteiger partial charge on any atom is -0.0324 e. The Balaban J connectivity index is 3.89. The molecule has 2 atom stereocenters. The molecule has 18 heavy (non-hydrogen) atoms. The highest BCUT2D eigenvalue weighted by Gasteiger charge is 2.14. The molecule has 0 N–H and O–H groups in total. The fourth-order valence-corrected chi connectivity index (χ4v) is 2.83. The lowest BCUT2D eigenvalue weighted by molar-refractivity contribution is 0.392. The summed E-state index contributed by atoms with van der Waals surface area (Å²) >= 11 is 0. The largest absolute Gasteiger partial charge is 0.0654 e. The van der Waals surface area contributed by atoms with Crippen LogP contribution < -0.4 is 0 Å². The third-order valence-corrected chi connectivity index (χ3v) is 4.09. The third-order valence-electron chi connectivity index (χ3n) is 4.09. The summed E-state index contributed by atoms with van der Waals surface area (Å²) in [6, 6.07) is 0. The SMILES string of the molecule is CCCCCCC([CH]C(CC)CCCC)CCC. The van der Waals surface area contributed by atoms with Gasteiger partial charge in [0.25, 0.3) is 0 Å². The molecule has 1 radical (unpaired) electrons. The first kappa shape index (κ1) is 18.0. The Morgan fingerprint density at radius 3 is 1.83 bits per heavy atom. The smallest absolute Gasteiger partial charge is 0.0324 e. The molecule has 0 aliphatic heterocycles. The van der Waals surface area contributed by atoms with E-state index in [-0.39, 0.29) is 0 Å². The van der Waals surface area contributed by atoms with Crippen LogP contribution in [0, 0.1) is 18.3 Å². The van der Waals surface area contributed by atoms with Crippen LogP contribution in [-0.4, -0.2) is 0 Å². The van der Waals surface area contributed by atoms with Gasteiger partial charge in [0.1, 0.15) is 0 Å². The third kappa shape index (κ3) is 9.97. The van der Waals surface area contributed by atoms with Gasteiger partial charge in [-0.05, 0) is 18.3 Å². The molecule has 0 saturated carbocycles. The van der Waals surface area contributed by atoms with Crippen LogP contribution in [0.2, 0.25) is 0 Å². The van der Waals surface area contributed by atoms with Gasteiger partial charge < -0.3 is 0 Å². The average molecular weight is 253 g/mol. The van der Waals surface area contributed by atoms with Crippen molar-refractivity contribution < 1.29 is 0 Å². The summed E-state index contributed by atoms with van der Waals surface area (Å²) in [7, 11) is 0. The number of unbranched alkanes of at least 4 members (excludes halogenated alkanes) is 4. The van der Waals surface area contributed by atoms with Gasteiger partial charge in [0, 0.05) is 0 Å². The number of rotatable bonds is 13. The zero-order valence-corrected chi connectivity index (χ0v) is 13.5. The van der Waals surface area contributed by atoms with E-state index in [4.69, 9.17) is 0 Å². The molecule has 0 amide bonds. The van der Waals surface area contributed by atoms with Crippen LogP contribution in [0.4, 0.5) is 0 Å². The fourth-order valence-electron chi connectivity index (χ4n) is 2.83. The molecule has 0 heterocycles. The van der Waals surface area contributed by atoms with Gasteiger partial charge in [0.15, 0.2) is 0 Å². The molecule has 0 aromatic carbocycles. The van der Waals surface area contributed by atoms with E-state index in [0.717, 1.165) is 11.8 Å². The summed E-state index contributed by atoms with van der Waals surface area (Å²) in [4.78, 5) is 0. The van der Waals surface area contributed by atoms with Gasteiger partial charge in [-0.2, -0.15) is 0 Å². The van der Waals surface area contributed by atoms with Gasteiger partial charge in [-0.3, -0.25) is 0 Å². The van der Waals surface area contributed by atoms with Crippen molar-refractivity contribution in [1.29, 1.82) is 0 Å². The molecule has 0 bridgehead atoms. The summed E-state index contributed by atoms with van der Waals surface area (Å²) in [6.07, 6.45) is 18.1. The fraction of sp³-hybridized carbons (Fsp3) is 0.944. The zero-order valence-electron chi connectivity index (χ0n) is 13.5. The summed E-state index contributed by atoms with van der Waals surface area (Å²) in [5, 5.41) is 0. The lowest BCUT2D eigenvalue weighted by Crippen LogP contribution is -2.10. The van der Waals surface area contributed by atoms with Crippen LogP contribution in [0.3, 0.4) is 0 Å². The maximum atomic E-state index is 2.71. The lowest BCUT2D eigenvalue weighted by atomic mass is 9.84. The quantitative estimate of drug-likeness (QED) is 0.317. The van der Waals surface area contributed by atoms with Gasteiger partial charge in [0.05, 0.1) is 0 Å². The van der Waals surface area contributed by atoms with Crippen LogP contribution in [0.1, 0.15) is 98.3 Å². The molecule has 0 heteroatoms. The molecule has 0 nitrogen and oxygen atoms in total. The summed E-state index contributed by atoms with van der Waals surface area (Å²) in [6.45, 7) is 9.30. The Morgan fingerprint density at radius 2 is 1.28 bits per heavy atom. The van der Waals surface area contributed by atoms with Crippen LogP contribution in [0.25, 0.3) is 0 Å². The van der Waals surface area contributed by atoms with E-state index in [1.807, 2.05) is 0 Å². The van der Waals surface area contributed by atoms with Crippen LogP contribution in [0.15, 0.2) is 0 Å². The zero-order chi connectivity index (χ0) is 13.6. The average Bonchev–Trinajstić information content (AvgIpc) is 2.39. The van der Waals surface area contributed by atoms with Gasteiger partial charge in [-0.1, -0.05) is 98.3 Å². The topological polar surface area (TPSA) is 0 Å². The van der Waals surface area contributed by atoms with Gasteiger partial charge >= 0.3 is 0 Å². The molecule has 0 aromatic heterocycles.